The fourth-order valence-electron chi connectivity index (χ4n) is 3.87. The average molecular weight is 292 g/mol. The SMILES string of the molecule is NC(=S)c1c(F)cccc1N1CCC2(CCCC2)CC1. The van der Waals surface area contributed by atoms with E-state index in [0.29, 0.717) is 11.0 Å². The molecule has 1 aromatic carbocycles. The summed E-state index contributed by atoms with van der Waals surface area (Å²) in [7, 11) is 0. The molecule has 108 valence electrons. The molecule has 0 aromatic heterocycles. The molecule has 3 rings (SSSR count). The molecule has 2 fully saturated rings. The molecule has 1 aliphatic carbocycles. The maximum Gasteiger partial charge on any atom is 0.135 e. The van der Waals surface area contributed by atoms with Gasteiger partial charge in [-0.1, -0.05) is 31.1 Å². The largest absolute Gasteiger partial charge is 0.389 e. The number of thiocarbonyl (C=S) groups is 1. The first kappa shape index (κ1) is 13.8. The monoisotopic (exact) mass is 292 g/mol. The molecule has 2 nitrogen and oxygen atoms in total. The van der Waals surface area contributed by atoms with Crippen LogP contribution < -0.4 is 10.6 Å². The Bertz CT molecular complexity index is 513. The van der Waals surface area contributed by atoms with E-state index in [1.807, 2.05) is 6.07 Å². The number of rotatable bonds is 2. The molecular weight excluding hydrogens is 271 g/mol. The molecule has 1 saturated carbocycles. The Morgan fingerprint density at radius 3 is 2.40 bits per heavy atom. The highest BCUT2D eigenvalue weighted by Crippen LogP contribution is 2.46. The molecule has 2 N–H and O–H groups in total. The summed E-state index contributed by atoms with van der Waals surface area (Å²) in [6.07, 6.45) is 7.90. The van der Waals surface area contributed by atoms with Crippen molar-refractivity contribution in [1.82, 2.24) is 0 Å². The van der Waals surface area contributed by atoms with Gasteiger partial charge in [0.2, 0.25) is 0 Å². The minimum Gasteiger partial charge on any atom is -0.389 e. The van der Waals surface area contributed by atoms with E-state index in [-0.39, 0.29) is 10.8 Å². The van der Waals surface area contributed by atoms with Crippen LogP contribution in [-0.2, 0) is 0 Å². The van der Waals surface area contributed by atoms with Gasteiger partial charge < -0.3 is 10.6 Å². The first-order valence-electron chi connectivity index (χ1n) is 7.45. The lowest BCUT2D eigenvalue weighted by molar-refractivity contribution is 0.226. The summed E-state index contributed by atoms with van der Waals surface area (Å²) in [6.45, 7) is 1.97. The van der Waals surface area contributed by atoms with E-state index in [1.165, 1.54) is 44.6 Å². The van der Waals surface area contributed by atoms with Crippen LogP contribution in [0.4, 0.5) is 10.1 Å². The summed E-state index contributed by atoms with van der Waals surface area (Å²) >= 11 is 5.02. The molecule has 0 radical (unpaired) electrons. The highest BCUT2D eigenvalue weighted by atomic mass is 32.1. The second kappa shape index (κ2) is 5.32. The summed E-state index contributed by atoms with van der Waals surface area (Å²) in [5.74, 6) is -0.309. The summed E-state index contributed by atoms with van der Waals surface area (Å²) in [5, 5.41) is 0. The smallest absolute Gasteiger partial charge is 0.135 e. The molecular formula is C16H21FN2S. The Morgan fingerprint density at radius 1 is 1.15 bits per heavy atom. The van der Waals surface area contributed by atoms with Crippen molar-refractivity contribution in [2.45, 2.75) is 38.5 Å². The van der Waals surface area contributed by atoms with Crippen molar-refractivity contribution in [3.8, 4) is 0 Å². The second-order valence-electron chi connectivity index (χ2n) is 6.19. The average Bonchev–Trinajstić information content (AvgIpc) is 2.87. The first-order valence-corrected chi connectivity index (χ1v) is 7.85. The second-order valence-corrected chi connectivity index (χ2v) is 6.63. The van der Waals surface area contributed by atoms with Gasteiger partial charge in [0.1, 0.15) is 10.8 Å². The quantitative estimate of drug-likeness (QED) is 0.844. The van der Waals surface area contributed by atoms with Crippen LogP contribution in [0.1, 0.15) is 44.1 Å². The van der Waals surface area contributed by atoms with Crippen LogP contribution in [0.15, 0.2) is 18.2 Å². The minimum atomic E-state index is -0.309. The van der Waals surface area contributed by atoms with E-state index < -0.39 is 0 Å². The van der Waals surface area contributed by atoms with E-state index in [1.54, 1.807) is 6.07 Å². The van der Waals surface area contributed by atoms with Crippen LogP contribution >= 0.6 is 12.2 Å². The van der Waals surface area contributed by atoms with Gasteiger partial charge in [0, 0.05) is 18.8 Å². The zero-order chi connectivity index (χ0) is 14.2. The van der Waals surface area contributed by atoms with Crippen molar-refractivity contribution < 1.29 is 4.39 Å². The Hall–Kier alpha value is -1.16. The first-order chi connectivity index (χ1) is 9.61. The zero-order valence-corrected chi connectivity index (χ0v) is 12.5. The van der Waals surface area contributed by atoms with Gasteiger partial charge in [0.25, 0.3) is 0 Å². The maximum absolute atomic E-state index is 14.0. The Kier molecular flexibility index (Phi) is 3.67. The van der Waals surface area contributed by atoms with Crippen molar-refractivity contribution in [1.29, 1.82) is 0 Å². The van der Waals surface area contributed by atoms with Gasteiger partial charge in [0.05, 0.1) is 5.56 Å². The summed E-state index contributed by atoms with van der Waals surface area (Å²) in [5.41, 5.74) is 7.54. The molecule has 4 heteroatoms. The van der Waals surface area contributed by atoms with E-state index in [2.05, 4.69) is 4.90 Å². The van der Waals surface area contributed by atoms with Crippen molar-refractivity contribution in [3.05, 3.63) is 29.6 Å². The third-order valence-corrected chi connectivity index (χ3v) is 5.27. The Morgan fingerprint density at radius 2 is 1.80 bits per heavy atom. The van der Waals surface area contributed by atoms with E-state index in [4.69, 9.17) is 18.0 Å². The van der Waals surface area contributed by atoms with Gasteiger partial charge in [-0.2, -0.15) is 0 Å². The molecule has 1 saturated heterocycles. The van der Waals surface area contributed by atoms with Crippen LogP contribution in [0.5, 0.6) is 0 Å². The van der Waals surface area contributed by atoms with Gasteiger partial charge in [-0.3, -0.25) is 0 Å². The van der Waals surface area contributed by atoms with Gasteiger partial charge in [-0.25, -0.2) is 4.39 Å². The molecule has 0 atom stereocenters. The minimum absolute atomic E-state index is 0.152. The van der Waals surface area contributed by atoms with Crippen molar-refractivity contribution >= 4 is 22.9 Å². The van der Waals surface area contributed by atoms with Gasteiger partial charge in [-0.05, 0) is 43.2 Å². The van der Waals surface area contributed by atoms with Crippen molar-refractivity contribution in [3.63, 3.8) is 0 Å². The lowest BCUT2D eigenvalue weighted by atomic mass is 9.77. The van der Waals surface area contributed by atoms with Gasteiger partial charge >= 0.3 is 0 Å². The van der Waals surface area contributed by atoms with Gasteiger partial charge in [0.15, 0.2) is 0 Å². The fourth-order valence-corrected chi connectivity index (χ4v) is 4.07. The summed E-state index contributed by atoms with van der Waals surface area (Å²) < 4.78 is 14.0. The van der Waals surface area contributed by atoms with Crippen LogP contribution in [0.25, 0.3) is 0 Å². The predicted octanol–water partition coefficient (Wildman–Crippen LogP) is 3.62. The predicted molar refractivity (Wildman–Crippen MR) is 84.6 cm³/mol. The molecule has 2 aliphatic rings. The molecule has 0 amide bonds. The molecule has 20 heavy (non-hydrogen) atoms. The van der Waals surface area contributed by atoms with E-state index >= 15 is 0 Å². The van der Waals surface area contributed by atoms with Gasteiger partial charge in [-0.15, -0.1) is 0 Å². The normalized spacial score (nSPS) is 21.4. The number of piperidine rings is 1. The Balaban J connectivity index is 1.81. The molecule has 1 spiro atoms. The fraction of sp³-hybridized carbons (Fsp3) is 0.562. The standard InChI is InChI=1S/C16H21FN2S/c17-12-4-3-5-13(14(12)15(18)20)19-10-8-16(9-11-19)6-1-2-7-16/h3-5H,1-2,6-11H2,(H2,18,20). The topological polar surface area (TPSA) is 29.3 Å². The van der Waals surface area contributed by atoms with E-state index in [9.17, 15) is 4.39 Å². The molecule has 1 heterocycles. The number of benzene rings is 1. The molecule has 0 bridgehead atoms. The van der Waals surface area contributed by atoms with Crippen LogP contribution in [0.3, 0.4) is 0 Å². The summed E-state index contributed by atoms with van der Waals surface area (Å²) in [4.78, 5) is 2.40. The highest BCUT2D eigenvalue weighted by molar-refractivity contribution is 7.80. The highest BCUT2D eigenvalue weighted by Gasteiger charge is 2.37. The third kappa shape index (κ3) is 2.41. The summed E-state index contributed by atoms with van der Waals surface area (Å²) in [6, 6.07) is 5.11. The van der Waals surface area contributed by atoms with Crippen molar-refractivity contribution in [2.24, 2.45) is 11.1 Å². The maximum atomic E-state index is 14.0. The van der Waals surface area contributed by atoms with Crippen molar-refractivity contribution in [2.75, 3.05) is 18.0 Å². The molecule has 1 aliphatic heterocycles. The number of hydrogen-bond donors (Lipinski definition) is 1. The van der Waals surface area contributed by atoms with Crippen LogP contribution in [0.2, 0.25) is 0 Å². The number of nitrogens with two attached hydrogens (primary N) is 1. The number of halogens is 1. The van der Waals surface area contributed by atoms with Crippen LogP contribution in [-0.4, -0.2) is 18.1 Å². The number of hydrogen-bond acceptors (Lipinski definition) is 2. The Labute approximate surface area is 125 Å². The molecule has 0 unspecified atom stereocenters. The third-order valence-electron chi connectivity index (χ3n) is 5.07. The number of anilines is 1. The van der Waals surface area contributed by atoms with Crippen LogP contribution in [0, 0.1) is 11.2 Å². The lowest BCUT2D eigenvalue weighted by Gasteiger charge is -2.41. The van der Waals surface area contributed by atoms with E-state index in [0.717, 1.165) is 18.8 Å². The number of nitrogens with zero attached hydrogens (tertiary/aromatic N) is 1. The zero-order valence-electron chi connectivity index (χ0n) is 11.7. The lowest BCUT2D eigenvalue weighted by Crippen LogP contribution is -2.39. The molecule has 1 aromatic rings.